The molecule has 1 aromatic carbocycles. The standard InChI is InChI=1S/C12H17BrN2O2S/c13-10-8-9(2-3-11(10)14)12(17)15-4-7-18-6-1-5-16/h2-3,8,16H,1,4-7,14H2,(H,15,17). The van der Waals surface area contributed by atoms with E-state index in [1.165, 1.54) is 0 Å². The van der Waals surface area contributed by atoms with Crippen molar-refractivity contribution < 1.29 is 9.90 Å². The fourth-order valence-corrected chi connectivity index (χ4v) is 2.44. The predicted molar refractivity (Wildman–Crippen MR) is 79.9 cm³/mol. The summed E-state index contributed by atoms with van der Waals surface area (Å²) < 4.78 is 0.729. The molecule has 0 aliphatic heterocycles. The first-order chi connectivity index (χ1) is 8.65. The quantitative estimate of drug-likeness (QED) is 0.526. The zero-order valence-electron chi connectivity index (χ0n) is 9.99. The van der Waals surface area contributed by atoms with E-state index < -0.39 is 0 Å². The molecule has 0 fully saturated rings. The van der Waals surface area contributed by atoms with Gasteiger partial charge in [-0.1, -0.05) is 0 Å². The molecule has 0 aliphatic rings. The van der Waals surface area contributed by atoms with Crippen LogP contribution in [0.25, 0.3) is 0 Å². The zero-order valence-corrected chi connectivity index (χ0v) is 12.4. The number of rotatable bonds is 7. The number of benzene rings is 1. The summed E-state index contributed by atoms with van der Waals surface area (Å²) in [6, 6.07) is 5.12. The molecule has 0 heterocycles. The molecule has 1 amide bonds. The van der Waals surface area contributed by atoms with E-state index in [0.29, 0.717) is 17.8 Å². The molecule has 100 valence electrons. The number of thioether (sulfide) groups is 1. The van der Waals surface area contributed by atoms with E-state index in [4.69, 9.17) is 10.8 Å². The summed E-state index contributed by atoms with van der Waals surface area (Å²) in [7, 11) is 0. The van der Waals surface area contributed by atoms with Crippen LogP contribution in [0.1, 0.15) is 16.8 Å². The lowest BCUT2D eigenvalue weighted by Crippen LogP contribution is -2.25. The van der Waals surface area contributed by atoms with Gasteiger partial charge in [0.05, 0.1) is 0 Å². The Balaban J connectivity index is 2.30. The number of amides is 1. The minimum atomic E-state index is -0.0986. The van der Waals surface area contributed by atoms with Crippen LogP contribution in [0, 0.1) is 0 Å². The highest BCUT2D eigenvalue weighted by Crippen LogP contribution is 2.20. The monoisotopic (exact) mass is 332 g/mol. The number of hydrogen-bond donors (Lipinski definition) is 3. The Hall–Kier alpha value is -0.720. The summed E-state index contributed by atoms with van der Waals surface area (Å²) in [5.41, 5.74) is 6.87. The minimum absolute atomic E-state index is 0.0986. The maximum atomic E-state index is 11.8. The van der Waals surface area contributed by atoms with Crippen LogP contribution in [0.4, 0.5) is 5.69 Å². The predicted octanol–water partition coefficient (Wildman–Crippen LogP) is 1.88. The number of hydrogen-bond acceptors (Lipinski definition) is 4. The van der Waals surface area contributed by atoms with E-state index in [2.05, 4.69) is 21.2 Å². The summed E-state index contributed by atoms with van der Waals surface area (Å²) in [4.78, 5) is 11.8. The molecule has 1 aromatic rings. The summed E-state index contributed by atoms with van der Waals surface area (Å²) in [5, 5.41) is 11.4. The van der Waals surface area contributed by atoms with Crippen molar-refractivity contribution in [1.82, 2.24) is 5.32 Å². The maximum absolute atomic E-state index is 11.8. The third kappa shape index (κ3) is 5.29. The van der Waals surface area contributed by atoms with E-state index in [1.807, 2.05) is 0 Å². The smallest absolute Gasteiger partial charge is 0.251 e. The van der Waals surface area contributed by atoms with Gasteiger partial charge in [0.1, 0.15) is 0 Å². The van der Waals surface area contributed by atoms with Gasteiger partial charge in [-0.05, 0) is 46.3 Å². The van der Waals surface area contributed by atoms with E-state index >= 15 is 0 Å². The van der Waals surface area contributed by atoms with Gasteiger partial charge in [0.15, 0.2) is 0 Å². The van der Waals surface area contributed by atoms with Crippen molar-refractivity contribution in [2.75, 3.05) is 30.4 Å². The summed E-state index contributed by atoms with van der Waals surface area (Å²) in [5.74, 6) is 1.67. The fourth-order valence-electron chi connectivity index (χ4n) is 1.28. The average Bonchev–Trinajstić information content (AvgIpc) is 2.36. The molecule has 4 nitrogen and oxygen atoms in total. The van der Waals surface area contributed by atoms with Gasteiger partial charge in [-0.2, -0.15) is 11.8 Å². The molecule has 6 heteroatoms. The summed E-state index contributed by atoms with van der Waals surface area (Å²) in [6.07, 6.45) is 0.795. The fraction of sp³-hybridized carbons (Fsp3) is 0.417. The molecule has 18 heavy (non-hydrogen) atoms. The van der Waals surface area contributed by atoms with E-state index in [0.717, 1.165) is 22.4 Å². The second-order valence-electron chi connectivity index (χ2n) is 3.68. The lowest BCUT2D eigenvalue weighted by Gasteiger charge is -2.06. The summed E-state index contributed by atoms with van der Waals surface area (Å²) in [6.45, 7) is 0.843. The van der Waals surface area contributed by atoms with Crippen LogP contribution < -0.4 is 11.1 Å². The normalized spacial score (nSPS) is 10.3. The first kappa shape index (κ1) is 15.3. The Labute approximate surface area is 119 Å². The number of aliphatic hydroxyl groups excluding tert-OH is 1. The topological polar surface area (TPSA) is 75.4 Å². The second-order valence-corrected chi connectivity index (χ2v) is 5.76. The highest BCUT2D eigenvalue weighted by atomic mass is 79.9. The van der Waals surface area contributed by atoms with Gasteiger partial charge in [0.25, 0.3) is 5.91 Å². The number of aliphatic hydroxyl groups is 1. The van der Waals surface area contributed by atoms with Crippen molar-refractivity contribution in [1.29, 1.82) is 0 Å². The van der Waals surface area contributed by atoms with Gasteiger partial charge in [0.2, 0.25) is 0 Å². The number of nitrogen functional groups attached to an aromatic ring is 1. The van der Waals surface area contributed by atoms with Gasteiger partial charge in [-0.3, -0.25) is 4.79 Å². The van der Waals surface area contributed by atoms with Crippen LogP contribution in [-0.2, 0) is 0 Å². The Bertz CT molecular complexity index is 402. The van der Waals surface area contributed by atoms with Crippen LogP contribution >= 0.6 is 27.7 Å². The lowest BCUT2D eigenvalue weighted by atomic mass is 10.2. The van der Waals surface area contributed by atoms with E-state index in [9.17, 15) is 4.79 Å². The maximum Gasteiger partial charge on any atom is 0.251 e. The summed E-state index contributed by atoms with van der Waals surface area (Å²) >= 11 is 5.01. The second kappa shape index (κ2) is 8.39. The zero-order chi connectivity index (χ0) is 13.4. The average molecular weight is 333 g/mol. The van der Waals surface area contributed by atoms with Crippen LogP contribution in [-0.4, -0.2) is 35.7 Å². The number of carbonyl (C=O) groups excluding carboxylic acids is 1. The number of carbonyl (C=O) groups is 1. The molecule has 1 rings (SSSR count). The number of nitrogens with two attached hydrogens (primary N) is 1. The van der Waals surface area contributed by atoms with Crippen molar-refractivity contribution in [2.45, 2.75) is 6.42 Å². The molecular formula is C12H17BrN2O2S. The molecule has 0 unspecified atom stereocenters. The number of anilines is 1. The van der Waals surface area contributed by atoms with Gasteiger partial charge in [-0.25, -0.2) is 0 Å². The van der Waals surface area contributed by atoms with Gasteiger partial charge >= 0.3 is 0 Å². The highest BCUT2D eigenvalue weighted by Gasteiger charge is 2.06. The molecule has 0 atom stereocenters. The molecular weight excluding hydrogens is 316 g/mol. The van der Waals surface area contributed by atoms with Crippen molar-refractivity contribution in [3.8, 4) is 0 Å². The Kier molecular flexibility index (Phi) is 7.15. The third-order valence-electron chi connectivity index (χ3n) is 2.24. The van der Waals surface area contributed by atoms with Crippen LogP contribution in [0.15, 0.2) is 22.7 Å². The van der Waals surface area contributed by atoms with E-state index in [1.54, 1.807) is 30.0 Å². The molecule has 0 aromatic heterocycles. The number of halogens is 1. The van der Waals surface area contributed by atoms with Gasteiger partial charge in [0, 0.05) is 34.6 Å². The Morgan fingerprint density at radius 2 is 2.22 bits per heavy atom. The molecule has 0 bridgehead atoms. The van der Waals surface area contributed by atoms with Crippen LogP contribution in [0.2, 0.25) is 0 Å². The van der Waals surface area contributed by atoms with Gasteiger partial charge < -0.3 is 16.2 Å². The number of nitrogens with one attached hydrogen (secondary N) is 1. The Morgan fingerprint density at radius 1 is 1.44 bits per heavy atom. The highest BCUT2D eigenvalue weighted by molar-refractivity contribution is 9.10. The first-order valence-corrected chi connectivity index (χ1v) is 7.61. The molecule has 4 N–H and O–H groups in total. The molecule has 0 radical (unpaired) electrons. The van der Waals surface area contributed by atoms with Crippen molar-refractivity contribution in [3.05, 3.63) is 28.2 Å². The van der Waals surface area contributed by atoms with Gasteiger partial charge in [-0.15, -0.1) is 0 Å². The van der Waals surface area contributed by atoms with Crippen LogP contribution in [0.3, 0.4) is 0 Å². The lowest BCUT2D eigenvalue weighted by molar-refractivity contribution is 0.0956. The van der Waals surface area contributed by atoms with Crippen LogP contribution in [0.5, 0.6) is 0 Å². The molecule has 0 spiro atoms. The SMILES string of the molecule is Nc1ccc(C(=O)NCCSCCCO)cc1Br. The van der Waals surface area contributed by atoms with Crippen molar-refractivity contribution in [3.63, 3.8) is 0 Å². The minimum Gasteiger partial charge on any atom is -0.398 e. The molecule has 0 saturated carbocycles. The van der Waals surface area contributed by atoms with Crippen molar-refractivity contribution >= 4 is 39.3 Å². The molecule has 0 aliphatic carbocycles. The first-order valence-electron chi connectivity index (χ1n) is 5.67. The molecule has 0 saturated heterocycles. The largest absolute Gasteiger partial charge is 0.398 e. The Morgan fingerprint density at radius 3 is 2.89 bits per heavy atom. The third-order valence-corrected chi connectivity index (χ3v) is 4.00. The van der Waals surface area contributed by atoms with Crippen molar-refractivity contribution in [2.24, 2.45) is 0 Å². The van der Waals surface area contributed by atoms with E-state index in [-0.39, 0.29) is 12.5 Å².